The van der Waals surface area contributed by atoms with E-state index in [-0.39, 0.29) is 5.82 Å². The number of hydrogen-bond acceptors (Lipinski definition) is 3. The first-order valence-electron chi connectivity index (χ1n) is 5.77. The number of aryl methyl sites for hydroxylation is 2. The van der Waals surface area contributed by atoms with Crippen molar-refractivity contribution in [1.82, 2.24) is 4.98 Å². The minimum Gasteiger partial charge on any atom is -0.389 e. The number of nitrogens with one attached hydrogen (secondary N) is 1. The number of aromatic nitrogens is 1. The fourth-order valence-electron chi connectivity index (χ4n) is 1.75. The van der Waals surface area contributed by atoms with Gasteiger partial charge in [0.25, 0.3) is 0 Å². The molecule has 0 aliphatic rings. The molecule has 0 amide bonds. The maximum absolute atomic E-state index is 13.2. The summed E-state index contributed by atoms with van der Waals surface area (Å²) in [4.78, 5) is 4.67. The van der Waals surface area contributed by atoms with Crippen molar-refractivity contribution in [3.8, 4) is 0 Å². The van der Waals surface area contributed by atoms with Crippen molar-refractivity contribution in [2.24, 2.45) is 5.73 Å². The van der Waals surface area contributed by atoms with Crippen molar-refractivity contribution < 1.29 is 4.39 Å². The van der Waals surface area contributed by atoms with Gasteiger partial charge >= 0.3 is 0 Å². The molecule has 0 aliphatic heterocycles. The minimum atomic E-state index is -0.230. The number of rotatable bonds is 3. The van der Waals surface area contributed by atoms with Gasteiger partial charge in [-0.05, 0) is 49.7 Å². The molecular weight excluding hydrogens is 261 g/mol. The van der Waals surface area contributed by atoms with Gasteiger partial charge in [-0.1, -0.05) is 12.2 Å². The molecule has 0 bridgehead atoms. The third kappa shape index (κ3) is 3.26. The summed E-state index contributed by atoms with van der Waals surface area (Å²) in [7, 11) is 0. The van der Waals surface area contributed by atoms with Crippen LogP contribution in [0.2, 0.25) is 0 Å². The number of halogens is 1. The molecule has 3 nitrogen and oxygen atoms in total. The standard InChI is InChI=1S/C14H14FN3S/c1-8-5-11(3-4-12(8)15)18-13-7-10(14(16)19)6-9(2)17-13/h3-7H,1-2H3,(H2,16,19)(H,17,18). The zero-order valence-corrected chi connectivity index (χ0v) is 11.5. The Kier molecular flexibility index (Phi) is 3.76. The average Bonchev–Trinajstić information content (AvgIpc) is 2.33. The molecule has 0 saturated heterocycles. The van der Waals surface area contributed by atoms with Gasteiger partial charge in [-0.3, -0.25) is 0 Å². The molecule has 0 atom stereocenters. The van der Waals surface area contributed by atoms with Crippen molar-refractivity contribution in [2.45, 2.75) is 13.8 Å². The lowest BCUT2D eigenvalue weighted by molar-refractivity contribution is 0.619. The molecule has 3 N–H and O–H groups in total. The minimum absolute atomic E-state index is 0.230. The van der Waals surface area contributed by atoms with Crippen molar-refractivity contribution in [2.75, 3.05) is 5.32 Å². The van der Waals surface area contributed by atoms with E-state index in [1.165, 1.54) is 6.07 Å². The quantitative estimate of drug-likeness (QED) is 0.845. The maximum atomic E-state index is 13.2. The van der Waals surface area contributed by atoms with Crippen LogP contribution in [-0.4, -0.2) is 9.97 Å². The third-order valence-corrected chi connectivity index (χ3v) is 2.90. The van der Waals surface area contributed by atoms with Crippen LogP contribution in [0.5, 0.6) is 0 Å². The van der Waals surface area contributed by atoms with E-state index in [2.05, 4.69) is 10.3 Å². The average molecular weight is 275 g/mol. The number of benzene rings is 1. The molecule has 0 aliphatic carbocycles. The van der Waals surface area contributed by atoms with Gasteiger partial charge in [-0.2, -0.15) is 0 Å². The highest BCUT2D eigenvalue weighted by atomic mass is 32.1. The Morgan fingerprint density at radius 2 is 2.00 bits per heavy atom. The summed E-state index contributed by atoms with van der Waals surface area (Å²) < 4.78 is 13.2. The highest BCUT2D eigenvalue weighted by Gasteiger charge is 2.04. The smallest absolute Gasteiger partial charge is 0.131 e. The summed E-state index contributed by atoms with van der Waals surface area (Å²) in [5.41, 5.74) is 8.53. The molecule has 1 aromatic heterocycles. The van der Waals surface area contributed by atoms with E-state index in [1.807, 2.05) is 13.0 Å². The molecular formula is C14H14FN3S. The van der Waals surface area contributed by atoms with Gasteiger partial charge in [0, 0.05) is 16.9 Å². The van der Waals surface area contributed by atoms with Gasteiger partial charge in [0.05, 0.1) is 0 Å². The first-order valence-corrected chi connectivity index (χ1v) is 6.18. The van der Waals surface area contributed by atoms with Crippen LogP contribution in [0.15, 0.2) is 30.3 Å². The second kappa shape index (κ2) is 5.32. The van der Waals surface area contributed by atoms with Gasteiger partial charge in [0.15, 0.2) is 0 Å². The van der Waals surface area contributed by atoms with Crippen molar-refractivity contribution in [1.29, 1.82) is 0 Å². The first-order chi connectivity index (χ1) is 8.95. The number of nitrogens with two attached hydrogens (primary N) is 1. The summed E-state index contributed by atoms with van der Waals surface area (Å²) >= 11 is 4.96. The van der Waals surface area contributed by atoms with E-state index >= 15 is 0 Å². The Bertz CT molecular complexity index is 641. The Balaban J connectivity index is 2.32. The lowest BCUT2D eigenvalue weighted by Gasteiger charge is -2.09. The summed E-state index contributed by atoms with van der Waals surface area (Å²) in [6.07, 6.45) is 0. The number of hydrogen-bond donors (Lipinski definition) is 2. The van der Waals surface area contributed by atoms with Crippen LogP contribution in [0.4, 0.5) is 15.9 Å². The molecule has 2 aromatic rings. The van der Waals surface area contributed by atoms with E-state index in [4.69, 9.17) is 18.0 Å². The zero-order chi connectivity index (χ0) is 14.0. The van der Waals surface area contributed by atoms with Crippen LogP contribution in [0.25, 0.3) is 0 Å². The second-order valence-corrected chi connectivity index (χ2v) is 4.78. The predicted octanol–water partition coefficient (Wildman–Crippen LogP) is 3.22. The number of thiocarbonyl (C=S) groups is 1. The normalized spacial score (nSPS) is 10.3. The lowest BCUT2D eigenvalue weighted by atomic mass is 10.2. The molecule has 0 saturated carbocycles. The third-order valence-electron chi connectivity index (χ3n) is 2.67. The van der Waals surface area contributed by atoms with Gasteiger partial charge in [0.1, 0.15) is 16.6 Å². The van der Waals surface area contributed by atoms with Gasteiger partial charge in [0.2, 0.25) is 0 Å². The molecule has 19 heavy (non-hydrogen) atoms. The Morgan fingerprint density at radius 3 is 2.63 bits per heavy atom. The topological polar surface area (TPSA) is 50.9 Å². The van der Waals surface area contributed by atoms with Crippen LogP contribution >= 0.6 is 12.2 Å². The van der Waals surface area contributed by atoms with E-state index in [9.17, 15) is 4.39 Å². The molecule has 5 heteroatoms. The largest absolute Gasteiger partial charge is 0.389 e. The van der Waals surface area contributed by atoms with E-state index in [1.54, 1.807) is 25.1 Å². The van der Waals surface area contributed by atoms with Crippen molar-refractivity contribution in [3.05, 3.63) is 53.0 Å². The summed E-state index contributed by atoms with van der Waals surface area (Å²) in [5.74, 6) is 0.403. The molecule has 0 unspecified atom stereocenters. The fraction of sp³-hybridized carbons (Fsp3) is 0.143. The molecule has 0 spiro atoms. The fourth-order valence-corrected chi connectivity index (χ4v) is 1.86. The van der Waals surface area contributed by atoms with E-state index in [0.29, 0.717) is 16.4 Å². The number of nitrogens with zero attached hydrogens (tertiary/aromatic N) is 1. The highest BCUT2D eigenvalue weighted by molar-refractivity contribution is 7.80. The molecule has 98 valence electrons. The first kappa shape index (κ1) is 13.4. The maximum Gasteiger partial charge on any atom is 0.131 e. The molecule has 1 heterocycles. The Hall–Kier alpha value is -2.01. The summed E-state index contributed by atoms with van der Waals surface area (Å²) in [6.45, 7) is 3.58. The van der Waals surface area contributed by atoms with Gasteiger partial charge in [-0.15, -0.1) is 0 Å². The molecule has 0 fully saturated rings. The Morgan fingerprint density at radius 1 is 1.26 bits per heavy atom. The van der Waals surface area contributed by atoms with Crippen LogP contribution in [0.3, 0.4) is 0 Å². The second-order valence-electron chi connectivity index (χ2n) is 4.34. The van der Waals surface area contributed by atoms with Crippen LogP contribution in [0, 0.1) is 19.7 Å². The Labute approximate surface area is 116 Å². The number of anilines is 2. The van der Waals surface area contributed by atoms with E-state index in [0.717, 1.165) is 16.9 Å². The predicted molar refractivity (Wildman–Crippen MR) is 79.3 cm³/mol. The molecule has 0 radical (unpaired) electrons. The highest BCUT2D eigenvalue weighted by Crippen LogP contribution is 2.19. The molecule has 2 rings (SSSR count). The van der Waals surface area contributed by atoms with Gasteiger partial charge in [-0.25, -0.2) is 9.37 Å². The van der Waals surface area contributed by atoms with Crippen LogP contribution in [0.1, 0.15) is 16.8 Å². The SMILES string of the molecule is Cc1cc(C(N)=S)cc(Nc2ccc(F)c(C)c2)n1. The van der Waals surface area contributed by atoms with E-state index < -0.39 is 0 Å². The van der Waals surface area contributed by atoms with Crippen LogP contribution in [-0.2, 0) is 0 Å². The molecule has 1 aromatic carbocycles. The van der Waals surface area contributed by atoms with Crippen molar-refractivity contribution in [3.63, 3.8) is 0 Å². The van der Waals surface area contributed by atoms with Crippen molar-refractivity contribution >= 4 is 28.7 Å². The summed E-state index contributed by atoms with van der Waals surface area (Å²) in [5, 5.41) is 3.12. The van der Waals surface area contributed by atoms with Crippen LogP contribution < -0.4 is 11.1 Å². The monoisotopic (exact) mass is 275 g/mol. The van der Waals surface area contributed by atoms with Gasteiger partial charge < -0.3 is 11.1 Å². The number of pyridine rings is 1. The summed E-state index contributed by atoms with van der Waals surface area (Å²) in [6, 6.07) is 8.39. The zero-order valence-electron chi connectivity index (χ0n) is 10.7. The lowest BCUT2D eigenvalue weighted by Crippen LogP contribution is -2.10.